The first kappa shape index (κ1) is 9.61. The molecule has 1 nitrogen and oxygen atoms in total. The number of benzene rings is 1. The van der Waals surface area contributed by atoms with Gasteiger partial charge in [0.05, 0.1) is 2.88 Å². The minimum absolute atomic E-state index is 0.770. The molecule has 4 heteroatoms. The zero-order valence-electron chi connectivity index (χ0n) is 6.38. The molecule has 2 aromatic rings. The van der Waals surface area contributed by atoms with E-state index in [4.69, 9.17) is 0 Å². The van der Waals surface area contributed by atoms with E-state index in [9.17, 15) is 4.79 Å². The van der Waals surface area contributed by atoms with Crippen LogP contribution in [-0.2, 0) is 0 Å². The topological polar surface area (TPSA) is 17.1 Å². The van der Waals surface area contributed by atoms with Crippen LogP contribution in [0.3, 0.4) is 0 Å². The highest BCUT2D eigenvalue weighted by Gasteiger charge is 2.09. The number of hydrogen-bond acceptors (Lipinski definition) is 2. The second-order valence-corrected chi connectivity index (χ2v) is 6.16. The van der Waals surface area contributed by atoms with E-state index >= 15 is 0 Å². The molecule has 0 aliphatic rings. The number of fused-ring (bicyclic) bond motifs is 1. The summed E-state index contributed by atoms with van der Waals surface area (Å²) in [4.78, 5) is 10.7. The molecule has 0 aliphatic heterocycles. The van der Waals surface area contributed by atoms with Crippen molar-refractivity contribution in [3.05, 3.63) is 31.1 Å². The Kier molecular flexibility index (Phi) is 2.71. The second-order valence-electron chi connectivity index (χ2n) is 2.53. The Hall–Kier alpha value is 0.0600. The first-order valence-corrected chi connectivity index (χ1v) is 6.24. The van der Waals surface area contributed by atoms with E-state index in [2.05, 4.69) is 38.5 Å². The van der Waals surface area contributed by atoms with Crippen LogP contribution in [-0.4, -0.2) is 6.29 Å². The van der Waals surface area contributed by atoms with Crippen molar-refractivity contribution in [1.82, 2.24) is 0 Å². The zero-order valence-corrected chi connectivity index (χ0v) is 10.9. The number of hydrogen-bond donors (Lipinski definition) is 0. The van der Waals surface area contributed by atoms with Crippen molar-refractivity contribution in [3.63, 3.8) is 0 Å². The highest BCUT2D eigenvalue weighted by Crippen LogP contribution is 2.37. The van der Waals surface area contributed by atoms with Gasteiger partial charge in [-0.05, 0) is 38.5 Å². The van der Waals surface area contributed by atoms with Crippen LogP contribution in [0, 0.1) is 2.88 Å². The van der Waals surface area contributed by atoms with Crippen LogP contribution < -0.4 is 0 Å². The van der Waals surface area contributed by atoms with Crippen molar-refractivity contribution >= 4 is 66.2 Å². The molecule has 0 N–H and O–H groups in total. The summed E-state index contributed by atoms with van der Waals surface area (Å²) in [5.41, 5.74) is 0.770. The summed E-state index contributed by atoms with van der Waals surface area (Å²) in [7, 11) is 0. The van der Waals surface area contributed by atoms with Gasteiger partial charge in [-0.25, -0.2) is 0 Å². The third-order valence-corrected chi connectivity index (χ3v) is 5.84. The number of halogens is 2. The summed E-state index contributed by atoms with van der Waals surface area (Å²) >= 11 is 7.41. The lowest BCUT2D eigenvalue weighted by molar-refractivity contribution is 0.112. The number of aldehydes is 1. The monoisotopic (exact) mass is 366 g/mol. The molecule has 1 heterocycles. The Labute approximate surface area is 101 Å². The summed E-state index contributed by atoms with van der Waals surface area (Å²) in [5.74, 6) is 0. The van der Waals surface area contributed by atoms with Gasteiger partial charge in [0.2, 0.25) is 0 Å². The molecule has 1 aromatic heterocycles. The molecule has 1 aromatic carbocycles. The van der Waals surface area contributed by atoms with Crippen molar-refractivity contribution in [3.8, 4) is 0 Å². The fraction of sp³-hybridized carbons (Fsp3) is 0. The van der Waals surface area contributed by atoms with E-state index in [0.717, 1.165) is 26.4 Å². The van der Waals surface area contributed by atoms with Crippen molar-refractivity contribution in [1.29, 1.82) is 0 Å². The molecule has 66 valence electrons. The molecule has 0 amide bonds. The Bertz CT molecular complexity index is 478. The third-order valence-electron chi connectivity index (χ3n) is 1.77. The lowest BCUT2D eigenvalue weighted by Gasteiger charge is -1.92. The first-order valence-electron chi connectivity index (χ1n) is 3.55. The van der Waals surface area contributed by atoms with E-state index in [0.29, 0.717) is 0 Å². The van der Waals surface area contributed by atoms with Crippen molar-refractivity contribution < 1.29 is 4.79 Å². The maximum absolute atomic E-state index is 10.7. The molecule has 0 unspecified atom stereocenters. The molecular weight excluding hydrogens is 363 g/mol. The van der Waals surface area contributed by atoms with Gasteiger partial charge in [0, 0.05) is 20.1 Å². The summed E-state index contributed by atoms with van der Waals surface area (Å²) in [6, 6.07) is 5.76. The Balaban J connectivity index is 2.92. The van der Waals surface area contributed by atoms with Crippen molar-refractivity contribution in [2.24, 2.45) is 0 Å². The molecule has 2 rings (SSSR count). The van der Waals surface area contributed by atoms with Gasteiger partial charge < -0.3 is 0 Å². The van der Waals surface area contributed by atoms with Crippen LogP contribution >= 0.6 is 49.9 Å². The number of carbonyl (C=O) groups is 1. The average Bonchev–Trinajstić information content (AvgIpc) is 2.43. The maximum Gasteiger partial charge on any atom is 0.151 e. The second kappa shape index (κ2) is 3.67. The zero-order chi connectivity index (χ0) is 9.42. The van der Waals surface area contributed by atoms with Crippen molar-refractivity contribution in [2.75, 3.05) is 0 Å². The predicted octanol–water partition coefficient (Wildman–Crippen LogP) is 4.08. The van der Waals surface area contributed by atoms with Crippen LogP contribution in [0.15, 0.2) is 22.7 Å². The van der Waals surface area contributed by atoms with Crippen LogP contribution in [0.1, 0.15) is 10.4 Å². The van der Waals surface area contributed by atoms with Crippen LogP contribution in [0.25, 0.3) is 10.1 Å². The molecular formula is C9H4BrIOS. The SMILES string of the molecule is O=Cc1cccc2c(Br)c(I)sc12. The molecule has 0 spiro atoms. The summed E-state index contributed by atoms with van der Waals surface area (Å²) in [5, 5.41) is 1.12. The van der Waals surface area contributed by atoms with Crippen LogP contribution in [0.4, 0.5) is 0 Å². The molecule has 0 atom stereocenters. The minimum atomic E-state index is 0.770. The van der Waals surface area contributed by atoms with Crippen molar-refractivity contribution in [2.45, 2.75) is 0 Å². The summed E-state index contributed by atoms with van der Waals surface area (Å²) in [6.45, 7) is 0. The van der Waals surface area contributed by atoms with E-state index in [1.54, 1.807) is 11.3 Å². The fourth-order valence-corrected chi connectivity index (χ4v) is 3.72. The van der Waals surface area contributed by atoms with Gasteiger partial charge in [0.1, 0.15) is 0 Å². The summed E-state index contributed by atoms with van der Waals surface area (Å²) in [6.07, 6.45) is 0.904. The van der Waals surface area contributed by atoms with Gasteiger partial charge in [-0.1, -0.05) is 18.2 Å². The Morgan fingerprint density at radius 1 is 1.46 bits per heavy atom. The lowest BCUT2D eigenvalue weighted by Crippen LogP contribution is -1.77. The van der Waals surface area contributed by atoms with E-state index in [1.165, 1.54) is 2.88 Å². The van der Waals surface area contributed by atoms with E-state index in [-0.39, 0.29) is 0 Å². The number of carbonyl (C=O) groups excluding carboxylic acids is 1. The number of thiophene rings is 1. The van der Waals surface area contributed by atoms with Gasteiger partial charge in [-0.3, -0.25) is 4.79 Å². The predicted molar refractivity (Wildman–Crippen MR) is 67.6 cm³/mol. The van der Waals surface area contributed by atoms with Crippen LogP contribution in [0.5, 0.6) is 0 Å². The maximum atomic E-state index is 10.7. The normalized spacial score (nSPS) is 10.6. The average molecular weight is 367 g/mol. The molecule has 13 heavy (non-hydrogen) atoms. The van der Waals surface area contributed by atoms with Gasteiger partial charge in [0.15, 0.2) is 6.29 Å². The third kappa shape index (κ3) is 1.55. The standard InChI is InChI=1S/C9H4BrIOS/c10-7-6-3-1-2-5(4-12)8(6)13-9(7)11/h1-4H. The van der Waals surface area contributed by atoms with Gasteiger partial charge in [-0.15, -0.1) is 11.3 Å². The molecule has 0 radical (unpaired) electrons. The molecule has 0 saturated heterocycles. The van der Waals surface area contributed by atoms with Crippen LogP contribution in [0.2, 0.25) is 0 Å². The Morgan fingerprint density at radius 3 is 2.92 bits per heavy atom. The molecule has 0 bridgehead atoms. The first-order chi connectivity index (χ1) is 6.24. The molecule has 0 fully saturated rings. The Morgan fingerprint density at radius 2 is 2.23 bits per heavy atom. The van der Waals surface area contributed by atoms with Gasteiger partial charge in [0.25, 0.3) is 0 Å². The molecule has 0 saturated carbocycles. The van der Waals surface area contributed by atoms with Gasteiger partial charge >= 0.3 is 0 Å². The largest absolute Gasteiger partial charge is 0.298 e. The fourth-order valence-electron chi connectivity index (χ4n) is 1.17. The summed E-state index contributed by atoms with van der Waals surface area (Å²) < 4.78 is 3.34. The highest BCUT2D eigenvalue weighted by molar-refractivity contribution is 14.1. The lowest BCUT2D eigenvalue weighted by atomic mass is 10.2. The highest BCUT2D eigenvalue weighted by atomic mass is 127. The van der Waals surface area contributed by atoms with E-state index in [1.807, 2.05) is 18.2 Å². The smallest absolute Gasteiger partial charge is 0.151 e. The quantitative estimate of drug-likeness (QED) is 0.549. The minimum Gasteiger partial charge on any atom is -0.298 e. The van der Waals surface area contributed by atoms with E-state index < -0.39 is 0 Å². The van der Waals surface area contributed by atoms with Gasteiger partial charge in [-0.2, -0.15) is 0 Å². The number of rotatable bonds is 1. The molecule has 0 aliphatic carbocycles.